The van der Waals surface area contributed by atoms with E-state index in [1.807, 2.05) is 0 Å². The van der Waals surface area contributed by atoms with E-state index in [0.717, 1.165) is 44.9 Å². The highest BCUT2D eigenvalue weighted by Gasteiger charge is 2.21. The quantitative estimate of drug-likeness (QED) is 0.117. The number of hydrogen-bond donors (Lipinski definition) is 0. The summed E-state index contributed by atoms with van der Waals surface area (Å²) in [6.07, 6.45) is 0. The Labute approximate surface area is 439 Å². The summed E-state index contributed by atoms with van der Waals surface area (Å²) in [5, 5.41) is 4.96. The molecule has 1 nitrogen and oxygen atoms in total. The van der Waals surface area contributed by atoms with Crippen LogP contribution < -0.4 is 4.90 Å². The van der Waals surface area contributed by atoms with Gasteiger partial charge in [-0.1, -0.05) is 255 Å². The van der Waals surface area contributed by atoms with Gasteiger partial charge in [-0.3, -0.25) is 0 Å². The molecule has 352 valence electrons. The molecule has 0 aliphatic heterocycles. The fourth-order valence-electron chi connectivity index (χ4n) is 11.0. The van der Waals surface area contributed by atoms with Gasteiger partial charge in [0.25, 0.3) is 0 Å². The second-order valence-corrected chi connectivity index (χ2v) is 19.2. The van der Waals surface area contributed by atoms with Gasteiger partial charge in [0.2, 0.25) is 0 Å². The lowest BCUT2D eigenvalue weighted by atomic mass is 9.84. The average molecular weight is 954 g/mol. The van der Waals surface area contributed by atoms with Gasteiger partial charge >= 0.3 is 0 Å². The Balaban J connectivity index is 0.985. The zero-order valence-electron chi connectivity index (χ0n) is 41.4. The normalized spacial score (nSPS) is 11.2. The predicted molar refractivity (Wildman–Crippen MR) is 320 cm³/mol. The zero-order valence-corrected chi connectivity index (χ0v) is 41.4. The van der Waals surface area contributed by atoms with Crippen LogP contribution in [0, 0.1) is 0 Å². The molecule has 0 N–H and O–H groups in total. The maximum atomic E-state index is 2.43. The third-order valence-corrected chi connectivity index (χ3v) is 14.6. The summed E-state index contributed by atoms with van der Waals surface area (Å²) >= 11 is 0. The molecule has 0 amide bonds. The van der Waals surface area contributed by atoms with E-state index in [0.29, 0.717) is 0 Å². The standard InChI is InChI=1S/C74H51N/c1-7-22-52(23-8-1)62-46-63(53-24-9-2-10-25-53)49-66(48-62)75(64-42-38-54(39-43-64)60-40-44-67(55-26-11-3-12-27-55)71(50-60)56-28-13-4-14-29-56)65-35-21-34-59(47-65)61-41-45-69-68-36-19-20-37-70(68)73(57-30-15-5-16-31-57)74(72(69)51-61)58-32-17-6-18-33-58/h1-51H. The molecule has 0 saturated heterocycles. The molecule has 0 radical (unpaired) electrons. The molecule has 0 atom stereocenters. The highest BCUT2D eigenvalue weighted by Crippen LogP contribution is 2.47. The number of benzene rings is 13. The molecule has 0 aliphatic carbocycles. The molecule has 13 aromatic rings. The first kappa shape index (κ1) is 45.1. The lowest BCUT2D eigenvalue weighted by Gasteiger charge is -2.28. The van der Waals surface area contributed by atoms with Gasteiger partial charge in [0.15, 0.2) is 0 Å². The molecule has 0 bridgehead atoms. The topological polar surface area (TPSA) is 3.24 Å². The van der Waals surface area contributed by atoms with Crippen molar-refractivity contribution in [3.05, 3.63) is 309 Å². The van der Waals surface area contributed by atoms with Gasteiger partial charge in [-0.05, 0) is 165 Å². The van der Waals surface area contributed by atoms with E-state index in [2.05, 4.69) is 314 Å². The van der Waals surface area contributed by atoms with Crippen LogP contribution in [0.2, 0.25) is 0 Å². The van der Waals surface area contributed by atoms with Gasteiger partial charge in [0, 0.05) is 17.1 Å². The fourth-order valence-corrected chi connectivity index (χ4v) is 11.0. The van der Waals surface area contributed by atoms with E-state index in [9.17, 15) is 0 Å². The van der Waals surface area contributed by atoms with Crippen LogP contribution in [-0.2, 0) is 0 Å². The molecule has 13 rings (SSSR count). The summed E-state index contributed by atoms with van der Waals surface area (Å²) in [6.45, 7) is 0. The van der Waals surface area contributed by atoms with Gasteiger partial charge in [0.05, 0.1) is 0 Å². The number of nitrogens with zero attached hydrogens (tertiary/aromatic N) is 1. The average Bonchev–Trinajstić information content (AvgIpc) is 3.50. The van der Waals surface area contributed by atoms with Crippen molar-refractivity contribution in [3.63, 3.8) is 0 Å². The van der Waals surface area contributed by atoms with Crippen LogP contribution in [0.5, 0.6) is 0 Å². The molecule has 0 unspecified atom stereocenters. The van der Waals surface area contributed by atoms with Crippen LogP contribution in [0.25, 0.3) is 111 Å². The maximum Gasteiger partial charge on any atom is 0.0473 e. The van der Waals surface area contributed by atoms with E-state index in [1.165, 1.54) is 82.7 Å². The molecule has 0 heterocycles. The summed E-state index contributed by atoms with van der Waals surface area (Å²) in [6, 6.07) is 113. The molecule has 75 heavy (non-hydrogen) atoms. The highest BCUT2D eigenvalue weighted by atomic mass is 15.1. The first-order valence-electron chi connectivity index (χ1n) is 25.8. The molecule has 0 aromatic heterocycles. The summed E-state index contributed by atoms with van der Waals surface area (Å²) in [5.74, 6) is 0. The smallest absolute Gasteiger partial charge is 0.0473 e. The summed E-state index contributed by atoms with van der Waals surface area (Å²) in [5.41, 5.74) is 22.2. The Hall–Kier alpha value is -9.82. The van der Waals surface area contributed by atoms with Crippen LogP contribution in [0.3, 0.4) is 0 Å². The summed E-state index contributed by atoms with van der Waals surface area (Å²) in [4.78, 5) is 2.43. The van der Waals surface area contributed by atoms with Gasteiger partial charge in [-0.25, -0.2) is 0 Å². The van der Waals surface area contributed by atoms with Crippen LogP contribution in [0.15, 0.2) is 309 Å². The predicted octanol–water partition coefficient (Wildman–Crippen LogP) is 20.8. The third-order valence-electron chi connectivity index (χ3n) is 14.6. The van der Waals surface area contributed by atoms with E-state index in [4.69, 9.17) is 0 Å². The first-order valence-corrected chi connectivity index (χ1v) is 25.8. The van der Waals surface area contributed by atoms with Crippen LogP contribution >= 0.6 is 0 Å². The first-order chi connectivity index (χ1) is 37.2. The van der Waals surface area contributed by atoms with Crippen LogP contribution in [0.4, 0.5) is 17.1 Å². The van der Waals surface area contributed by atoms with Crippen molar-refractivity contribution >= 4 is 38.6 Å². The number of rotatable bonds is 11. The molecular weight excluding hydrogens is 903 g/mol. The zero-order chi connectivity index (χ0) is 49.9. The highest BCUT2D eigenvalue weighted by molar-refractivity contribution is 6.22. The Morgan fingerprint density at radius 1 is 0.160 bits per heavy atom. The minimum atomic E-state index is 1.06. The maximum absolute atomic E-state index is 2.43. The Bertz CT molecular complexity index is 4060. The van der Waals surface area contributed by atoms with Crippen molar-refractivity contribution in [2.75, 3.05) is 4.90 Å². The molecular formula is C74H51N. The minimum absolute atomic E-state index is 1.06. The van der Waals surface area contributed by atoms with Crippen molar-refractivity contribution < 1.29 is 0 Å². The van der Waals surface area contributed by atoms with Gasteiger partial charge in [-0.2, -0.15) is 0 Å². The molecule has 0 saturated carbocycles. The van der Waals surface area contributed by atoms with E-state index in [1.54, 1.807) is 0 Å². The second-order valence-electron chi connectivity index (χ2n) is 19.2. The van der Waals surface area contributed by atoms with Gasteiger partial charge in [-0.15, -0.1) is 0 Å². The molecule has 0 spiro atoms. The van der Waals surface area contributed by atoms with E-state index in [-0.39, 0.29) is 0 Å². The molecule has 0 aliphatic rings. The van der Waals surface area contributed by atoms with Gasteiger partial charge in [0.1, 0.15) is 0 Å². The fraction of sp³-hybridized carbons (Fsp3) is 0. The van der Waals surface area contributed by atoms with Crippen molar-refractivity contribution in [3.8, 4) is 89.0 Å². The molecule has 0 fully saturated rings. The third kappa shape index (κ3) is 8.88. The summed E-state index contributed by atoms with van der Waals surface area (Å²) in [7, 11) is 0. The number of fused-ring (bicyclic) bond motifs is 3. The Morgan fingerprint density at radius 3 is 1.12 bits per heavy atom. The van der Waals surface area contributed by atoms with Gasteiger partial charge < -0.3 is 4.90 Å². The number of hydrogen-bond acceptors (Lipinski definition) is 1. The van der Waals surface area contributed by atoms with Crippen LogP contribution in [-0.4, -0.2) is 0 Å². The largest absolute Gasteiger partial charge is 0.310 e. The Kier molecular flexibility index (Phi) is 12.0. The van der Waals surface area contributed by atoms with Crippen molar-refractivity contribution in [1.29, 1.82) is 0 Å². The van der Waals surface area contributed by atoms with E-state index < -0.39 is 0 Å². The lowest BCUT2D eigenvalue weighted by molar-refractivity contribution is 1.28. The van der Waals surface area contributed by atoms with Crippen molar-refractivity contribution in [2.45, 2.75) is 0 Å². The summed E-state index contributed by atoms with van der Waals surface area (Å²) < 4.78 is 0. The number of anilines is 3. The lowest BCUT2D eigenvalue weighted by Crippen LogP contribution is -2.10. The van der Waals surface area contributed by atoms with Crippen LogP contribution in [0.1, 0.15) is 0 Å². The second kappa shape index (κ2) is 20.0. The SMILES string of the molecule is c1ccc(-c2cc(-c3ccccc3)cc(N(c3ccc(-c4ccc(-c5ccccc5)c(-c5ccccc5)c4)cc3)c3cccc(-c4ccc5c(c4)c(-c4ccccc4)c(-c4ccccc4)c4ccccc45)c3)c2)cc1. The minimum Gasteiger partial charge on any atom is -0.310 e. The molecule has 1 heteroatoms. The molecule has 13 aromatic carbocycles. The van der Waals surface area contributed by atoms with Crippen molar-refractivity contribution in [1.82, 2.24) is 0 Å². The monoisotopic (exact) mass is 953 g/mol. The van der Waals surface area contributed by atoms with Crippen molar-refractivity contribution in [2.24, 2.45) is 0 Å². The van der Waals surface area contributed by atoms with E-state index >= 15 is 0 Å². The Morgan fingerprint density at radius 2 is 0.547 bits per heavy atom.